The summed E-state index contributed by atoms with van der Waals surface area (Å²) < 4.78 is 5.27. The molecule has 1 amide bonds. The Balaban J connectivity index is 1.83. The first-order valence-corrected chi connectivity index (χ1v) is 7.32. The topological polar surface area (TPSA) is 54.3 Å². The standard InChI is InChI=1S/C18H17N3O2/c1-13-15(12-19-16-10-6-7-11-17(16)23-2)18(22)21(20-13)14-8-4-3-5-9-14/h3-12,15H,1-2H3/t15-/m0/s1. The Kier molecular flexibility index (Phi) is 4.19. The molecule has 0 unspecified atom stereocenters. The second kappa shape index (κ2) is 6.44. The maximum absolute atomic E-state index is 12.6. The number of benzene rings is 2. The van der Waals surface area contributed by atoms with E-state index < -0.39 is 5.92 Å². The summed E-state index contributed by atoms with van der Waals surface area (Å²) in [5.41, 5.74) is 2.16. The van der Waals surface area contributed by atoms with Crippen LogP contribution in [0.5, 0.6) is 5.75 Å². The number of carbonyl (C=O) groups is 1. The molecule has 0 spiro atoms. The summed E-state index contributed by atoms with van der Waals surface area (Å²) in [7, 11) is 1.60. The van der Waals surface area contributed by atoms with Gasteiger partial charge in [0.2, 0.25) is 0 Å². The molecule has 0 saturated carbocycles. The number of anilines is 1. The average molecular weight is 307 g/mol. The smallest absolute Gasteiger partial charge is 0.261 e. The normalized spacial score (nSPS) is 17.7. The van der Waals surface area contributed by atoms with E-state index in [-0.39, 0.29) is 5.91 Å². The molecule has 0 fully saturated rings. The summed E-state index contributed by atoms with van der Waals surface area (Å²) in [5, 5.41) is 5.78. The summed E-state index contributed by atoms with van der Waals surface area (Å²) in [4.78, 5) is 17.0. The van der Waals surface area contributed by atoms with Gasteiger partial charge in [-0.1, -0.05) is 30.3 Å². The number of carbonyl (C=O) groups excluding carboxylic acids is 1. The summed E-state index contributed by atoms with van der Waals surface area (Å²) in [5.74, 6) is 0.108. The summed E-state index contributed by atoms with van der Waals surface area (Å²) >= 11 is 0. The highest BCUT2D eigenvalue weighted by molar-refractivity contribution is 6.23. The van der Waals surface area contributed by atoms with Crippen molar-refractivity contribution in [3.05, 3.63) is 54.6 Å². The molecule has 1 atom stereocenters. The fraction of sp³-hybridized carbons (Fsp3) is 0.167. The molecule has 0 N–H and O–H groups in total. The lowest BCUT2D eigenvalue weighted by atomic mass is 10.1. The Hall–Kier alpha value is -2.95. The van der Waals surface area contributed by atoms with E-state index in [1.807, 2.05) is 61.5 Å². The Morgan fingerprint density at radius 1 is 1.13 bits per heavy atom. The molecule has 1 aliphatic rings. The van der Waals surface area contributed by atoms with Crippen molar-refractivity contribution < 1.29 is 9.53 Å². The highest BCUT2D eigenvalue weighted by Crippen LogP contribution is 2.27. The van der Waals surface area contributed by atoms with Crippen molar-refractivity contribution in [2.24, 2.45) is 16.0 Å². The molecule has 1 heterocycles. The SMILES string of the molecule is COc1ccccc1N=C[C@@H]1C(=O)N(c2ccccc2)N=C1C. The van der Waals surface area contributed by atoms with Gasteiger partial charge in [0.25, 0.3) is 5.91 Å². The first-order chi connectivity index (χ1) is 11.2. The Morgan fingerprint density at radius 2 is 1.83 bits per heavy atom. The minimum absolute atomic E-state index is 0.104. The number of hydrogen-bond donors (Lipinski definition) is 0. The van der Waals surface area contributed by atoms with Crippen LogP contribution in [0.2, 0.25) is 0 Å². The molecular weight excluding hydrogens is 290 g/mol. The van der Waals surface area contributed by atoms with Crippen LogP contribution >= 0.6 is 0 Å². The minimum atomic E-state index is -0.458. The van der Waals surface area contributed by atoms with Crippen molar-refractivity contribution in [1.29, 1.82) is 0 Å². The van der Waals surface area contributed by atoms with Gasteiger partial charge in [-0.05, 0) is 31.2 Å². The molecule has 0 radical (unpaired) electrons. The highest BCUT2D eigenvalue weighted by Gasteiger charge is 2.33. The van der Waals surface area contributed by atoms with Crippen LogP contribution in [0.15, 0.2) is 64.7 Å². The summed E-state index contributed by atoms with van der Waals surface area (Å²) in [6, 6.07) is 16.8. The lowest BCUT2D eigenvalue weighted by Gasteiger charge is -2.12. The van der Waals surface area contributed by atoms with Crippen LogP contribution in [-0.2, 0) is 4.79 Å². The van der Waals surface area contributed by atoms with Crippen LogP contribution in [0.1, 0.15) is 6.92 Å². The number of ether oxygens (including phenoxy) is 1. The number of nitrogens with zero attached hydrogens (tertiary/aromatic N) is 3. The molecule has 2 aromatic rings. The van der Waals surface area contributed by atoms with E-state index in [1.165, 1.54) is 5.01 Å². The second-order valence-electron chi connectivity index (χ2n) is 5.15. The van der Waals surface area contributed by atoms with E-state index in [0.29, 0.717) is 11.4 Å². The zero-order valence-electron chi connectivity index (χ0n) is 13.0. The lowest BCUT2D eigenvalue weighted by Crippen LogP contribution is -2.27. The van der Waals surface area contributed by atoms with Crippen LogP contribution in [-0.4, -0.2) is 24.9 Å². The molecular formula is C18H17N3O2. The number of aliphatic imine (C=N–C) groups is 1. The van der Waals surface area contributed by atoms with Crippen LogP contribution in [0.3, 0.4) is 0 Å². The van der Waals surface area contributed by atoms with Crippen molar-refractivity contribution in [2.75, 3.05) is 12.1 Å². The van der Waals surface area contributed by atoms with Crippen molar-refractivity contribution >= 4 is 29.2 Å². The molecule has 23 heavy (non-hydrogen) atoms. The van der Waals surface area contributed by atoms with Crippen LogP contribution in [0.4, 0.5) is 11.4 Å². The zero-order valence-corrected chi connectivity index (χ0v) is 13.0. The van der Waals surface area contributed by atoms with Crippen LogP contribution < -0.4 is 9.75 Å². The quantitative estimate of drug-likeness (QED) is 0.813. The van der Waals surface area contributed by atoms with E-state index in [1.54, 1.807) is 13.3 Å². The number of hydrazone groups is 1. The number of hydrogen-bond acceptors (Lipinski definition) is 4. The van der Waals surface area contributed by atoms with Gasteiger partial charge in [-0.3, -0.25) is 9.79 Å². The zero-order chi connectivity index (χ0) is 16.2. The van der Waals surface area contributed by atoms with E-state index in [0.717, 1.165) is 11.4 Å². The maximum Gasteiger partial charge on any atom is 0.261 e. The van der Waals surface area contributed by atoms with Gasteiger partial charge < -0.3 is 4.74 Å². The van der Waals surface area contributed by atoms with E-state index in [2.05, 4.69) is 10.1 Å². The number of methoxy groups -OCH3 is 1. The molecule has 3 rings (SSSR count). The third kappa shape index (κ3) is 2.99. The molecule has 2 aromatic carbocycles. The monoisotopic (exact) mass is 307 g/mol. The van der Waals surface area contributed by atoms with Gasteiger partial charge in [0.1, 0.15) is 17.4 Å². The number of amides is 1. The third-order valence-corrected chi connectivity index (χ3v) is 3.63. The third-order valence-electron chi connectivity index (χ3n) is 3.63. The maximum atomic E-state index is 12.6. The summed E-state index contributed by atoms with van der Waals surface area (Å²) in [6.07, 6.45) is 1.63. The Morgan fingerprint density at radius 3 is 2.57 bits per heavy atom. The number of rotatable bonds is 4. The number of para-hydroxylation sites is 3. The van der Waals surface area contributed by atoms with Gasteiger partial charge in [-0.15, -0.1) is 0 Å². The van der Waals surface area contributed by atoms with E-state index in [4.69, 9.17) is 4.74 Å². The minimum Gasteiger partial charge on any atom is -0.494 e. The molecule has 0 saturated heterocycles. The predicted molar refractivity (Wildman–Crippen MR) is 91.7 cm³/mol. The average Bonchev–Trinajstić information content (AvgIpc) is 2.88. The lowest BCUT2D eigenvalue weighted by molar-refractivity contribution is -0.118. The predicted octanol–water partition coefficient (Wildman–Crippen LogP) is 3.44. The Bertz CT molecular complexity index is 769. The second-order valence-corrected chi connectivity index (χ2v) is 5.15. The van der Waals surface area contributed by atoms with E-state index >= 15 is 0 Å². The van der Waals surface area contributed by atoms with Gasteiger partial charge in [0.15, 0.2) is 0 Å². The van der Waals surface area contributed by atoms with Crippen molar-refractivity contribution in [3.63, 3.8) is 0 Å². The Labute approximate surface area is 134 Å². The van der Waals surface area contributed by atoms with E-state index in [9.17, 15) is 4.79 Å². The van der Waals surface area contributed by atoms with Crippen LogP contribution in [0.25, 0.3) is 0 Å². The van der Waals surface area contributed by atoms with Gasteiger partial charge in [0, 0.05) is 6.21 Å². The van der Waals surface area contributed by atoms with Crippen LogP contribution in [0, 0.1) is 5.92 Å². The summed E-state index contributed by atoms with van der Waals surface area (Å²) in [6.45, 7) is 1.83. The highest BCUT2D eigenvalue weighted by atomic mass is 16.5. The van der Waals surface area contributed by atoms with Crippen molar-refractivity contribution in [3.8, 4) is 5.75 Å². The molecule has 0 bridgehead atoms. The molecule has 1 aliphatic heterocycles. The van der Waals surface area contributed by atoms with Crippen molar-refractivity contribution in [1.82, 2.24) is 0 Å². The molecule has 5 heteroatoms. The fourth-order valence-electron chi connectivity index (χ4n) is 2.40. The van der Waals surface area contributed by atoms with Gasteiger partial charge in [-0.2, -0.15) is 10.1 Å². The first-order valence-electron chi connectivity index (χ1n) is 7.32. The van der Waals surface area contributed by atoms with Crippen molar-refractivity contribution in [2.45, 2.75) is 6.92 Å². The van der Waals surface area contributed by atoms with Gasteiger partial charge >= 0.3 is 0 Å². The largest absolute Gasteiger partial charge is 0.494 e. The fourth-order valence-corrected chi connectivity index (χ4v) is 2.40. The van der Waals surface area contributed by atoms with Gasteiger partial charge in [0.05, 0.1) is 18.5 Å². The van der Waals surface area contributed by atoms with Gasteiger partial charge in [-0.25, -0.2) is 0 Å². The molecule has 116 valence electrons. The molecule has 5 nitrogen and oxygen atoms in total. The first kappa shape index (κ1) is 15.0. The molecule has 0 aromatic heterocycles. The molecule has 0 aliphatic carbocycles.